The molecule has 0 atom stereocenters. The second-order valence-electron chi connectivity index (χ2n) is 6.32. The Labute approximate surface area is 198 Å². The van der Waals surface area contributed by atoms with Crippen molar-refractivity contribution in [2.24, 2.45) is 0 Å². The molecule has 0 aliphatic rings. The predicted octanol–water partition coefficient (Wildman–Crippen LogP) is 7.91. The van der Waals surface area contributed by atoms with Crippen LogP contribution in [0, 0.1) is 11.3 Å². The molecule has 0 N–H and O–H groups in total. The molecule has 0 saturated heterocycles. The standard InChI is InChI=1S/C24H18Br2ClNO2/c1-2-29-23-13-16(11-19(14-28)17-7-9-20(25)10-8-17)12-21(26)24(23)30-15-18-5-3-4-6-22(18)27/h3-13H,2,15H2,1H3. The van der Waals surface area contributed by atoms with Crippen LogP contribution in [-0.4, -0.2) is 6.61 Å². The molecule has 6 heteroatoms. The second kappa shape index (κ2) is 10.7. The molecule has 0 aliphatic carbocycles. The number of hydrogen-bond acceptors (Lipinski definition) is 3. The molecule has 152 valence electrons. The number of ether oxygens (including phenoxy) is 2. The van der Waals surface area contributed by atoms with Gasteiger partial charge in [-0.15, -0.1) is 0 Å². The van der Waals surface area contributed by atoms with Crippen LogP contribution in [0.2, 0.25) is 5.02 Å². The molecule has 0 spiro atoms. The third-order valence-electron chi connectivity index (χ3n) is 4.25. The van der Waals surface area contributed by atoms with Crippen LogP contribution in [0.4, 0.5) is 0 Å². The van der Waals surface area contributed by atoms with E-state index in [4.69, 9.17) is 21.1 Å². The highest BCUT2D eigenvalue weighted by atomic mass is 79.9. The Morgan fingerprint density at radius 1 is 1.07 bits per heavy atom. The highest BCUT2D eigenvalue weighted by Crippen LogP contribution is 2.38. The Morgan fingerprint density at radius 3 is 2.47 bits per heavy atom. The molecule has 3 rings (SSSR count). The minimum absolute atomic E-state index is 0.315. The van der Waals surface area contributed by atoms with E-state index in [1.807, 2.05) is 73.7 Å². The van der Waals surface area contributed by atoms with E-state index in [2.05, 4.69) is 37.9 Å². The predicted molar refractivity (Wildman–Crippen MR) is 129 cm³/mol. The van der Waals surface area contributed by atoms with E-state index < -0.39 is 0 Å². The molecule has 0 bridgehead atoms. The average Bonchev–Trinajstić information content (AvgIpc) is 2.73. The number of rotatable bonds is 7. The number of benzene rings is 3. The summed E-state index contributed by atoms with van der Waals surface area (Å²) >= 11 is 13.2. The molecule has 3 aromatic rings. The first-order chi connectivity index (χ1) is 14.5. The fourth-order valence-corrected chi connectivity index (χ4v) is 3.84. The number of hydrogen-bond donors (Lipinski definition) is 0. The van der Waals surface area contributed by atoms with Crippen molar-refractivity contribution in [1.29, 1.82) is 5.26 Å². The minimum atomic E-state index is 0.315. The molecule has 0 unspecified atom stereocenters. The van der Waals surface area contributed by atoms with E-state index >= 15 is 0 Å². The SMILES string of the molecule is CCOc1cc(C=C(C#N)c2ccc(Br)cc2)cc(Br)c1OCc1ccccc1Cl. The normalized spacial score (nSPS) is 11.1. The number of allylic oxidation sites excluding steroid dienone is 1. The fraction of sp³-hybridized carbons (Fsp3) is 0.125. The van der Waals surface area contributed by atoms with Crippen molar-refractivity contribution in [2.75, 3.05) is 6.61 Å². The summed E-state index contributed by atoms with van der Waals surface area (Å²) in [6, 6.07) is 21.2. The van der Waals surface area contributed by atoms with E-state index in [1.165, 1.54) is 0 Å². The van der Waals surface area contributed by atoms with Gasteiger partial charge in [-0.3, -0.25) is 0 Å². The van der Waals surface area contributed by atoms with Crippen molar-refractivity contribution in [1.82, 2.24) is 0 Å². The van der Waals surface area contributed by atoms with Crippen LogP contribution >= 0.6 is 43.5 Å². The van der Waals surface area contributed by atoms with Gasteiger partial charge < -0.3 is 9.47 Å². The zero-order chi connectivity index (χ0) is 21.5. The molecule has 0 saturated carbocycles. The molecule has 0 aliphatic heterocycles. The Balaban J connectivity index is 1.93. The van der Waals surface area contributed by atoms with Crippen LogP contribution in [-0.2, 0) is 6.61 Å². The number of nitrogens with zero attached hydrogens (tertiary/aromatic N) is 1. The summed E-state index contributed by atoms with van der Waals surface area (Å²) < 4.78 is 13.5. The van der Waals surface area contributed by atoms with Crippen LogP contribution in [0.5, 0.6) is 11.5 Å². The van der Waals surface area contributed by atoms with Crippen molar-refractivity contribution in [2.45, 2.75) is 13.5 Å². The van der Waals surface area contributed by atoms with Crippen LogP contribution in [0.3, 0.4) is 0 Å². The Bertz CT molecular complexity index is 1110. The minimum Gasteiger partial charge on any atom is -0.490 e. The summed E-state index contributed by atoms with van der Waals surface area (Å²) in [6.07, 6.45) is 1.83. The molecule has 0 radical (unpaired) electrons. The molecular formula is C24H18Br2ClNO2. The topological polar surface area (TPSA) is 42.2 Å². The monoisotopic (exact) mass is 545 g/mol. The highest BCUT2D eigenvalue weighted by molar-refractivity contribution is 9.10. The van der Waals surface area contributed by atoms with E-state index in [-0.39, 0.29) is 0 Å². The summed E-state index contributed by atoms with van der Waals surface area (Å²) in [7, 11) is 0. The van der Waals surface area contributed by atoms with Crippen LogP contribution in [0.15, 0.2) is 69.6 Å². The smallest absolute Gasteiger partial charge is 0.175 e. The van der Waals surface area contributed by atoms with Gasteiger partial charge in [0.15, 0.2) is 11.5 Å². The van der Waals surface area contributed by atoms with Crippen molar-refractivity contribution in [3.8, 4) is 17.6 Å². The Kier molecular flexibility index (Phi) is 7.98. The largest absolute Gasteiger partial charge is 0.490 e. The van der Waals surface area contributed by atoms with Gasteiger partial charge in [0.25, 0.3) is 0 Å². The number of halogens is 3. The molecule has 0 amide bonds. The van der Waals surface area contributed by atoms with Gasteiger partial charge in [0, 0.05) is 15.1 Å². The Hall–Kier alpha value is -2.26. The van der Waals surface area contributed by atoms with Crippen molar-refractivity contribution < 1.29 is 9.47 Å². The van der Waals surface area contributed by atoms with Gasteiger partial charge in [0.1, 0.15) is 6.61 Å². The first kappa shape index (κ1) is 22.4. The maximum atomic E-state index is 9.63. The van der Waals surface area contributed by atoms with Gasteiger partial charge in [0.05, 0.1) is 22.7 Å². The molecule has 30 heavy (non-hydrogen) atoms. The number of nitriles is 1. The summed E-state index contributed by atoms with van der Waals surface area (Å²) in [6.45, 7) is 2.71. The molecule has 3 nitrogen and oxygen atoms in total. The van der Waals surface area contributed by atoms with Gasteiger partial charge in [-0.1, -0.05) is 57.9 Å². The lowest BCUT2D eigenvalue weighted by Gasteiger charge is -2.15. The molecule has 3 aromatic carbocycles. The third-order valence-corrected chi connectivity index (χ3v) is 5.73. The molecular weight excluding hydrogens is 530 g/mol. The van der Waals surface area contributed by atoms with Gasteiger partial charge >= 0.3 is 0 Å². The lowest BCUT2D eigenvalue weighted by atomic mass is 10.0. The van der Waals surface area contributed by atoms with Crippen LogP contribution in [0.25, 0.3) is 11.6 Å². The van der Waals surface area contributed by atoms with E-state index in [1.54, 1.807) is 0 Å². The molecule has 0 aromatic heterocycles. The zero-order valence-corrected chi connectivity index (χ0v) is 20.1. The van der Waals surface area contributed by atoms with Gasteiger partial charge in [-0.25, -0.2) is 0 Å². The van der Waals surface area contributed by atoms with Crippen molar-refractivity contribution in [3.63, 3.8) is 0 Å². The van der Waals surface area contributed by atoms with Gasteiger partial charge in [-0.05, 0) is 70.4 Å². The summed E-state index contributed by atoms with van der Waals surface area (Å²) in [5.74, 6) is 1.19. The van der Waals surface area contributed by atoms with Crippen molar-refractivity contribution >= 4 is 55.1 Å². The Morgan fingerprint density at radius 2 is 1.80 bits per heavy atom. The zero-order valence-electron chi connectivity index (χ0n) is 16.2. The molecule has 0 heterocycles. The first-order valence-electron chi connectivity index (χ1n) is 9.22. The van der Waals surface area contributed by atoms with Crippen molar-refractivity contribution in [3.05, 3.63) is 91.3 Å². The lowest BCUT2D eigenvalue weighted by molar-refractivity contribution is 0.267. The maximum Gasteiger partial charge on any atom is 0.175 e. The second-order valence-corrected chi connectivity index (χ2v) is 8.50. The highest BCUT2D eigenvalue weighted by Gasteiger charge is 2.13. The van der Waals surface area contributed by atoms with Gasteiger partial charge in [-0.2, -0.15) is 5.26 Å². The lowest BCUT2D eigenvalue weighted by Crippen LogP contribution is -2.01. The third kappa shape index (κ3) is 5.66. The first-order valence-corrected chi connectivity index (χ1v) is 11.2. The van der Waals surface area contributed by atoms with Crippen LogP contribution < -0.4 is 9.47 Å². The van der Waals surface area contributed by atoms with E-state index in [9.17, 15) is 5.26 Å². The quantitative estimate of drug-likeness (QED) is 0.223. The van der Waals surface area contributed by atoms with E-state index in [0.29, 0.717) is 35.3 Å². The van der Waals surface area contributed by atoms with Gasteiger partial charge in [0.2, 0.25) is 0 Å². The summed E-state index contributed by atoms with van der Waals surface area (Å²) in [5, 5.41) is 10.3. The summed E-state index contributed by atoms with van der Waals surface area (Å²) in [5.41, 5.74) is 3.12. The van der Waals surface area contributed by atoms with Crippen LogP contribution in [0.1, 0.15) is 23.6 Å². The average molecular weight is 548 g/mol. The fourth-order valence-electron chi connectivity index (χ4n) is 2.82. The molecule has 0 fully saturated rings. The van der Waals surface area contributed by atoms with E-state index in [0.717, 1.165) is 25.6 Å². The maximum absolute atomic E-state index is 9.63. The summed E-state index contributed by atoms with van der Waals surface area (Å²) in [4.78, 5) is 0.